The summed E-state index contributed by atoms with van der Waals surface area (Å²) in [7, 11) is 0. The Balaban J connectivity index is 1.90. The fourth-order valence-corrected chi connectivity index (χ4v) is 3.41. The minimum absolute atomic E-state index is 0.772. The molecule has 0 heterocycles. The summed E-state index contributed by atoms with van der Waals surface area (Å²) in [6.07, 6.45) is 0. The molecule has 0 fully saturated rings. The van der Waals surface area contributed by atoms with Crippen LogP contribution >= 0.6 is 0 Å². The summed E-state index contributed by atoms with van der Waals surface area (Å²) in [5.74, 6) is 1.06. The van der Waals surface area contributed by atoms with Gasteiger partial charge in [-0.3, -0.25) is 0 Å². The van der Waals surface area contributed by atoms with E-state index in [0.29, 0.717) is 0 Å². The van der Waals surface area contributed by atoms with E-state index >= 15 is 0 Å². The number of aryl methyl sites for hydroxylation is 1. The van der Waals surface area contributed by atoms with E-state index in [-0.39, 0.29) is 0 Å². The standard InChI is InChI=1S/C27H24N2/c1-22-13-11-12-20-26(22)28-27(24-16-7-3-8-17-24)29(25-18-9-4-10-19-25)21-23-14-5-2-6-15-23/h2-20H,21H2,1H3/p+1. The first-order chi connectivity index (χ1) is 14.3. The second-order valence-corrected chi connectivity index (χ2v) is 7.06. The number of rotatable bonds is 5. The van der Waals surface area contributed by atoms with Crippen LogP contribution in [0.25, 0.3) is 0 Å². The van der Waals surface area contributed by atoms with Gasteiger partial charge in [-0.1, -0.05) is 84.9 Å². The van der Waals surface area contributed by atoms with E-state index in [1.165, 1.54) is 11.1 Å². The number of anilines is 1. The van der Waals surface area contributed by atoms with Gasteiger partial charge in [0.05, 0.1) is 5.56 Å². The van der Waals surface area contributed by atoms with Crippen LogP contribution in [0.2, 0.25) is 0 Å². The lowest BCUT2D eigenvalue weighted by Gasteiger charge is -2.15. The molecule has 0 aliphatic rings. The van der Waals surface area contributed by atoms with Crippen LogP contribution in [-0.2, 0) is 6.54 Å². The smallest absolute Gasteiger partial charge is 0.240 e. The molecular weight excluding hydrogens is 352 g/mol. The largest absolute Gasteiger partial charge is 0.287 e. The van der Waals surface area contributed by atoms with E-state index < -0.39 is 0 Å². The van der Waals surface area contributed by atoms with Crippen LogP contribution in [0.15, 0.2) is 115 Å². The predicted molar refractivity (Wildman–Crippen MR) is 122 cm³/mol. The molecule has 0 atom stereocenters. The molecule has 4 aromatic rings. The molecular formula is C27H25N2+. The van der Waals surface area contributed by atoms with Crippen molar-refractivity contribution in [1.29, 1.82) is 0 Å². The van der Waals surface area contributed by atoms with Crippen molar-refractivity contribution >= 4 is 17.2 Å². The van der Waals surface area contributed by atoms with Crippen molar-refractivity contribution in [2.24, 2.45) is 0 Å². The highest BCUT2D eigenvalue weighted by molar-refractivity contribution is 6.05. The predicted octanol–water partition coefficient (Wildman–Crippen LogP) is 6.40. The number of benzene rings is 4. The minimum atomic E-state index is 0.772. The lowest BCUT2D eigenvalue weighted by molar-refractivity contribution is -0.457. The summed E-state index contributed by atoms with van der Waals surface area (Å²) >= 11 is 0. The molecule has 0 aliphatic carbocycles. The van der Waals surface area contributed by atoms with E-state index in [4.69, 9.17) is 0 Å². The Morgan fingerprint density at radius 1 is 0.655 bits per heavy atom. The first kappa shape index (κ1) is 18.7. The molecule has 2 nitrogen and oxygen atoms in total. The third kappa shape index (κ3) is 4.61. The maximum Gasteiger partial charge on any atom is 0.287 e. The Morgan fingerprint density at radius 3 is 1.86 bits per heavy atom. The molecule has 0 radical (unpaired) electrons. The molecule has 1 N–H and O–H groups in total. The normalized spacial score (nSPS) is 11.6. The summed E-state index contributed by atoms with van der Waals surface area (Å²) in [6, 6.07) is 40.1. The van der Waals surface area contributed by atoms with Crippen LogP contribution in [0.5, 0.6) is 0 Å². The lowest BCUT2D eigenvalue weighted by atomic mass is 10.1. The van der Waals surface area contributed by atoms with Gasteiger partial charge in [-0.25, -0.2) is 9.89 Å². The Labute approximate surface area is 172 Å². The zero-order valence-corrected chi connectivity index (χ0v) is 16.6. The molecule has 0 aliphatic heterocycles. The highest BCUT2D eigenvalue weighted by atomic mass is 15.1. The van der Waals surface area contributed by atoms with Gasteiger partial charge in [0, 0.05) is 0 Å². The van der Waals surface area contributed by atoms with Gasteiger partial charge >= 0.3 is 0 Å². The van der Waals surface area contributed by atoms with Gasteiger partial charge in [-0.2, -0.15) is 0 Å². The number of nitrogens with zero attached hydrogens (tertiary/aromatic N) is 1. The van der Waals surface area contributed by atoms with Crippen molar-refractivity contribution in [3.63, 3.8) is 0 Å². The fraction of sp³-hybridized carbons (Fsp3) is 0.0741. The number of amidine groups is 1. The van der Waals surface area contributed by atoms with Gasteiger partial charge < -0.3 is 0 Å². The van der Waals surface area contributed by atoms with Crippen LogP contribution < -0.4 is 5.32 Å². The number of hydrogen-bond donors (Lipinski definition) is 1. The van der Waals surface area contributed by atoms with Crippen molar-refractivity contribution in [1.82, 2.24) is 0 Å². The first-order valence-electron chi connectivity index (χ1n) is 9.93. The summed E-state index contributed by atoms with van der Waals surface area (Å²) in [5, 5.41) is 3.72. The van der Waals surface area contributed by atoms with Gasteiger partial charge in [-0.05, 0) is 48.4 Å². The Kier molecular flexibility index (Phi) is 5.82. The van der Waals surface area contributed by atoms with Gasteiger partial charge in [0.25, 0.3) is 5.84 Å². The zero-order valence-electron chi connectivity index (χ0n) is 16.6. The molecule has 4 aromatic carbocycles. The second kappa shape index (κ2) is 9.03. The van der Waals surface area contributed by atoms with Crippen LogP contribution in [0.4, 0.5) is 11.4 Å². The van der Waals surface area contributed by atoms with Gasteiger partial charge in [0.15, 0.2) is 0 Å². The summed E-state index contributed by atoms with van der Waals surface area (Å²) in [6.45, 7) is 2.91. The molecule has 29 heavy (non-hydrogen) atoms. The average molecular weight is 378 g/mol. The molecule has 0 amide bonds. The van der Waals surface area contributed by atoms with Crippen LogP contribution in [0.3, 0.4) is 0 Å². The Bertz CT molecular complexity index is 1080. The van der Waals surface area contributed by atoms with E-state index in [1.807, 2.05) is 0 Å². The van der Waals surface area contributed by atoms with Gasteiger partial charge in [-0.15, -0.1) is 0 Å². The minimum Gasteiger partial charge on any atom is -0.240 e. The summed E-state index contributed by atoms with van der Waals surface area (Å²) < 4.78 is 2.34. The van der Waals surface area contributed by atoms with E-state index in [9.17, 15) is 0 Å². The quantitative estimate of drug-likeness (QED) is 0.242. The van der Waals surface area contributed by atoms with Crippen molar-refractivity contribution in [3.05, 3.63) is 132 Å². The second-order valence-electron chi connectivity index (χ2n) is 7.06. The molecule has 0 saturated carbocycles. The number of para-hydroxylation sites is 2. The molecule has 0 aromatic heterocycles. The Morgan fingerprint density at radius 2 is 1.21 bits per heavy atom. The van der Waals surface area contributed by atoms with E-state index in [2.05, 4.69) is 132 Å². The van der Waals surface area contributed by atoms with Crippen molar-refractivity contribution in [2.45, 2.75) is 13.5 Å². The average Bonchev–Trinajstić information content (AvgIpc) is 2.79. The zero-order chi connectivity index (χ0) is 19.9. The topological polar surface area (TPSA) is 15.0 Å². The molecule has 0 bridgehead atoms. The van der Waals surface area contributed by atoms with E-state index in [1.54, 1.807) is 0 Å². The van der Waals surface area contributed by atoms with Crippen molar-refractivity contribution in [2.75, 3.05) is 5.32 Å². The molecule has 142 valence electrons. The third-order valence-electron chi connectivity index (χ3n) is 4.97. The summed E-state index contributed by atoms with van der Waals surface area (Å²) in [5.41, 5.74) is 5.89. The fourth-order valence-electron chi connectivity index (χ4n) is 3.41. The monoisotopic (exact) mass is 377 g/mol. The van der Waals surface area contributed by atoms with Gasteiger partial charge in [0.1, 0.15) is 17.9 Å². The number of nitrogens with one attached hydrogen (secondary N) is 1. The molecule has 4 rings (SSSR count). The Hall–Kier alpha value is -3.65. The SMILES string of the molecule is Cc1ccccc1NC(c1ccccc1)=[N+](Cc1ccccc1)c1ccccc1. The molecule has 0 unspecified atom stereocenters. The van der Waals surface area contributed by atoms with Crippen LogP contribution in [0.1, 0.15) is 16.7 Å². The van der Waals surface area contributed by atoms with Crippen molar-refractivity contribution in [3.8, 4) is 0 Å². The lowest BCUT2D eigenvalue weighted by Crippen LogP contribution is -2.26. The van der Waals surface area contributed by atoms with Crippen LogP contribution in [-0.4, -0.2) is 10.4 Å². The van der Waals surface area contributed by atoms with E-state index in [0.717, 1.165) is 29.3 Å². The third-order valence-corrected chi connectivity index (χ3v) is 4.97. The first-order valence-corrected chi connectivity index (χ1v) is 9.93. The maximum atomic E-state index is 3.72. The van der Waals surface area contributed by atoms with Crippen molar-refractivity contribution < 1.29 is 4.58 Å². The summed E-state index contributed by atoms with van der Waals surface area (Å²) in [4.78, 5) is 0. The number of hydrogen-bond acceptors (Lipinski definition) is 0. The molecule has 2 heteroatoms. The maximum absolute atomic E-state index is 3.72. The molecule has 0 saturated heterocycles. The highest BCUT2D eigenvalue weighted by Crippen LogP contribution is 2.20. The van der Waals surface area contributed by atoms with Gasteiger partial charge in [0.2, 0.25) is 0 Å². The highest BCUT2D eigenvalue weighted by Gasteiger charge is 2.20. The van der Waals surface area contributed by atoms with Crippen LogP contribution in [0, 0.1) is 6.92 Å². The molecule has 0 spiro atoms.